The molecule has 0 saturated heterocycles. The SMILES string of the molecule is CCOc1cccc2sc(N(Cc3cccnc3)C(=O)c3ccc(F)cc3)nc12. The highest BCUT2D eigenvalue weighted by atomic mass is 32.1. The third-order valence-electron chi connectivity index (χ3n) is 4.30. The zero-order chi connectivity index (χ0) is 20.2. The minimum Gasteiger partial charge on any atom is -0.492 e. The van der Waals surface area contributed by atoms with E-state index in [0.717, 1.165) is 15.8 Å². The second-order valence-electron chi connectivity index (χ2n) is 6.29. The van der Waals surface area contributed by atoms with Crippen molar-refractivity contribution < 1.29 is 13.9 Å². The lowest BCUT2D eigenvalue weighted by Gasteiger charge is -2.20. The summed E-state index contributed by atoms with van der Waals surface area (Å²) in [5.74, 6) is 0.0376. The molecule has 0 unspecified atom stereocenters. The summed E-state index contributed by atoms with van der Waals surface area (Å²) in [6, 6.07) is 15.0. The number of pyridine rings is 1. The van der Waals surface area contributed by atoms with Crippen molar-refractivity contribution in [1.29, 1.82) is 0 Å². The van der Waals surface area contributed by atoms with Crippen molar-refractivity contribution in [3.63, 3.8) is 0 Å². The number of amides is 1. The number of ether oxygens (including phenoxy) is 1. The number of anilines is 1. The molecule has 0 N–H and O–H groups in total. The van der Waals surface area contributed by atoms with Gasteiger partial charge in [0.25, 0.3) is 5.91 Å². The molecule has 0 bridgehead atoms. The van der Waals surface area contributed by atoms with Crippen LogP contribution in [0.3, 0.4) is 0 Å². The number of hydrogen-bond donors (Lipinski definition) is 0. The van der Waals surface area contributed by atoms with E-state index in [0.29, 0.717) is 29.6 Å². The van der Waals surface area contributed by atoms with Crippen LogP contribution in [0.15, 0.2) is 67.0 Å². The summed E-state index contributed by atoms with van der Waals surface area (Å²) >= 11 is 1.41. The summed E-state index contributed by atoms with van der Waals surface area (Å²) in [7, 11) is 0. The summed E-state index contributed by atoms with van der Waals surface area (Å²) in [6.45, 7) is 2.74. The third kappa shape index (κ3) is 4.09. The molecule has 0 aliphatic rings. The summed E-state index contributed by atoms with van der Waals surface area (Å²) in [5.41, 5.74) is 1.98. The molecule has 0 aliphatic carbocycles. The van der Waals surface area contributed by atoms with Crippen LogP contribution in [-0.4, -0.2) is 22.5 Å². The maximum atomic E-state index is 13.3. The minimum absolute atomic E-state index is 0.258. The molecule has 0 aliphatic heterocycles. The van der Waals surface area contributed by atoms with Gasteiger partial charge in [0.2, 0.25) is 0 Å². The molecule has 4 aromatic rings. The zero-order valence-corrected chi connectivity index (χ0v) is 16.5. The van der Waals surface area contributed by atoms with Gasteiger partial charge < -0.3 is 4.74 Å². The van der Waals surface area contributed by atoms with Crippen molar-refractivity contribution in [2.75, 3.05) is 11.5 Å². The summed E-state index contributed by atoms with van der Waals surface area (Å²) in [5, 5.41) is 0.547. The predicted molar refractivity (Wildman–Crippen MR) is 112 cm³/mol. The van der Waals surface area contributed by atoms with Crippen molar-refractivity contribution in [2.24, 2.45) is 0 Å². The lowest BCUT2D eigenvalue weighted by atomic mass is 10.2. The van der Waals surface area contributed by atoms with Gasteiger partial charge in [-0.1, -0.05) is 23.5 Å². The van der Waals surface area contributed by atoms with E-state index in [1.165, 1.54) is 35.6 Å². The molecule has 2 aromatic heterocycles. The van der Waals surface area contributed by atoms with Crippen molar-refractivity contribution in [1.82, 2.24) is 9.97 Å². The van der Waals surface area contributed by atoms with Gasteiger partial charge in [0.05, 0.1) is 17.9 Å². The summed E-state index contributed by atoms with van der Waals surface area (Å²) in [4.78, 5) is 23.7. The maximum absolute atomic E-state index is 13.3. The lowest BCUT2D eigenvalue weighted by molar-refractivity contribution is 0.0985. The number of benzene rings is 2. The highest BCUT2D eigenvalue weighted by molar-refractivity contribution is 7.22. The normalized spacial score (nSPS) is 10.8. The fraction of sp³-hybridized carbons (Fsp3) is 0.136. The van der Waals surface area contributed by atoms with Gasteiger partial charge in [0.15, 0.2) is 5.13 Å². The Labute approximate surface area is 171 Å². The van der Waals surface area contributed by atoms with Crippen LogP contribution in [0.2, 0.25) is 0 Å². The molecule has 0 radical (unpaired) electrons. The Kier molecular flexibility index (Phi) is 5.48. The van der Waals surface area contributed by atoms with Gasteiger partial charge in [0, 0.05) is 18.0 Å². The first-order valence-electron chi connectivity index (χ1n) is 9.14. The van der Waals surface area contributed by atoms with Gasteiger partial charge in [0.1, 0.15) is 17.1 Å². The van der Waals surface area contributed by atoms with Crippen LogP contribution in [0.5, 0.6) is 5.75 Å². The Morgan fingerprint density at radius 3 is 2.69 bits per heavy atom. The van der Waals surface area contributed by atoms with E-state index in [1.54, 1.807) is 17.3 Å². The Bertz CT molecular complexity index is 1130. The second-order valence-corrected chi connectivity index (χ2v) is 7.30. The van der Waals surface area contributed by atoms with Crippen molar-refractivity contribution >= 4 is 32.6 Å². The van der Waals surface area contributed by atoms with Crippen molar-refractivity contribution in [3.8, 4) is 5.75 Å². The van der Waals surface area contributed by atoms with Crippen LogP contribution in [0.25, 0.3) is 10.2 Å². The van der Waals surface area contributed by atoms with Gasteiger partial charge in [-0.2, -0.15) is 0 Å². The first-order valence-corrected chi connectivity index (χ1v) is 9.96. The van der Waals surface area contributed by atoms with Crippen LogP contribution in [0.4, 0.5) is 9.52 Å². The molecule has 7 heteroatoms. The number of carbonyl (C=O) groups is 1. The number of halogens is 1. The average Bonchev–Trinajstić information content (AvgIpc) is 3.18. The molecule has 146 valence electrons. The van der Waals surface area contributed by atoms with Gasteiger partial charge in [-0.15, -0.1) is 0 Å². The molecule has 0 atom stereocenters. The molecule has 5 nitrogen and oxygen atoms in total. The van der Waals surface area contributed by atoms with Crippen LogP contribution in [-0.2, 0) is 6.54 Å². The first-order chi connectivity index (χ1) is 14.2. The van der Waals surface area contributed by atoms with Crippen LogP contribution in [0, 0.1) is 5.82 Å². The molecule has 2 aromatic carbocycles. The van der Waals surface area contributed by atoms with Gasteiger partial charge in [-0.25, -0.2) is 9.37 Å². The lowest BCUT2D eigenvalue weighted by Crippen LogP contribution is -2.30. The van der Waals surface area contributed by atoms with Crippen molar-refractivity contribution in [2.45, 2.75) is 13.5 Å². The second kappa shape index (κ2) is 8.36. The fourth-order valence-corrected chi connectivity index (χ4v) is 3.93. The standard InChI is InChI=1S/C22H18FN3O2S/c1-2-28-18-6-3-7-19-20(18)25-22(29-19)26(14-15-5-4-12-24-13-15)21(27)16-8-10-17(23)11-9-16/h3-13H,2,14H2,1H3. The number of carbonyl (C=O) groups excluding carboxylic acids is 1. The van der Waals surface area contributed by atoms with Crippen LogP contribution < -0.4 is 9.64 Å². The van der Waals surface area contributed by atoms with E-state index in [2.05, 4.69) is 4.98 Å². The number of fused-ring (bicyclic) bond motifs is 1. The van der Waals surface area contributed by atoms with E-state index in [-0.39, 0.29) is 11.7 Å². The molecule has 4 rings (SSSR count). The molecule has 0 saturated carbocycles. The van der Waals surface area contributed by atoms with Gasteiger partial charge >= 0.3 is 0 Å². The van der Waals surface area contributed by atoms with E-state index >= 15 is 0 Å². The number of rotatable bonds is 6. The Balaban J connectivity index is 1.77. The van der Waals surface area contributed by atoms with Crippen molar-refractivity contribution in [3.05, 3.63) is 83.9 Å². The molecule has 0 fully saturated rings. The third-order valence-corrected chi connectivity index (χ3v) is 5.34. The molecule has 0 spiro atoms. The Hall–Kier alpha value is -3.32. The van der Waals surface area contributed by atoms with Gasteiger partial charge in [-0.3, -0.25) is 14.7 Å². The number of para-hydroxylation sites is 1. The summed E-state index contributed by atoms with van der Waals surface area (Å²) < 4.78 is 19.9. The topological polar surface area (TPSA) is 55.3 Å². The number of hydrogen-bond acceptors (Lipinski definition) is 5. The van der Waals surface area contributed by atoms with E-state index < -0.39 is 0 Å². The fourth-order valence-electron chi connectivity index (χ4n) is 2.95. The van der Waals surface area contributed by atoms with Crippen LogP contribution in [0.1, 0.15) is 22.8 Å². The maximum Gasteiger partial charge on any atom is 0.260 e. The van der Waals surface area contributed by atoms with Crippen LogP contribution >= 0.6 is 11.3 Å². The minimum atomic E-state index is -0.387. The highest BCUT2D eigenvalue weighted by Gasteiger charge is 2.23. The highest BCUT2D eigenvalue weighted by Crippen LogP contribution is 2.35. The van der Waals surface area contributed by atoms with E-state index in [1.807, 2.05) is 37.3 Å². The molecular formula is C22H18FN3O2S. The molecular weight excluding hydrogens is 389 g/mol. The molecule has 2 heterocycles. The predicted octanol–water partition coefficient (Wildman–Crippen LogP) is 5.08. The average molecular weight is 407 g/mol. The smallest absolute Gasteiger partial charge is 0.260 e. The summed E-state index contributed by atoms with van der Waals surface area (Å²) in [6.07, 6.45) is 3.39. The number of nitrogens with zero attached hydrogens (tertiary/aromatic N) is 3. The van der Waals surface area contributed by atoms with E-state index in [4.69, 9.17) is 9.72 Å². The molecule has 29 heavy (non-hydrogen) atoms. The largest absolute Gasteiger partial charge is 0.492 e. The van der Waals surface area contributed by atoms with Gasteiger partial charge in [-0.05, 0) is 55.0 Å². The van der Waals surface area contributed by atoms with E-state index in [9.17, 15) is 9.18 Å². The Morgan fingerprint density at radius 2 is 1.97 bits per heavy atom. The monoisotopic (exact) mass is 407 g/mol. The quantitative estimate of drug-likeness (QED) is 0.447. The molecule has 1 amide bonds. The Morgan fingerprint density at radius 1 is 1.14 bits per heavy atom. The zero-order valence-electron chi connectivity index (χ0n) is 15.7. The number of thiazole rings is 1. The number of aromatic nitrogens is 2. The first kappa shape index (κ1) is 19.0.